The minimum absolute atomic E-state index is 0.0935. The molecule has 1 unspecified atom stereocenters. The summed E-state index contributed by atoms with van der Waals surface area (Å²) in [7, 11) is -4.01. The van der Waals surface area contributed by atoms with E-state index in [1.54, 1.807) is 24.1 Å². The van der Waals surface area contributed by atoms with E-state index < -0.39 is 28.3 Å². The monoisotopic (exact) mass is 514 g/mol. The van der Waals surface area contributed by atoms with Crippen molar-refractivity contribution >= 4 is 16.0 Å². The van der Waals surface area contributed by atoms with E-state index in [0.717, 1.165) is 12.0 Å². The maximum atomic E-state index is 13.8. The number of fused-ring (bicyclic) bond motifs is 1. The van der Waals surface area contributed by atoms with Crippen molar-refractivity contribution < 1.29 is 36.2 Å². The largest absolute Gasteiger partial charge is 0.573 e. The Bertz CT molecular complexity index is 1140. The highest BCUT2D eigenvalue weighted by atomic mass is 32.2. The average molecular weight is 515 g/mol. The van der Waals surface area contributed by atoms with E-state index in [4.69, 9.17) is 0 Å². The van der Waals surface area contributed by atoms with Crippen molar-refractivity contribution in [1.82, 2.24) is 9.42 Å². The number of carboxylic acid groups (broad SMARTS) is 1. The molecule has 0 amide bonds. The second kappa shape index (κ2) is 11.0. The zero-order chi connectivity index (χ0) is 25.8. The number of unbranched alkanes of at least 4 members (excludes halogenated alkanes) is 1. The summed E-state index contributed by atoms with van der Waals surface area (Å²) < 4.78 is 70.2. The summed E-state index contributed by atoms with van der Waals surface area (Å²) in [6, 6.07) is 10.2. The van der Waals surface area contributed by atoms with E-state index in [-0.39, 0.29) is 36.6 Å². The van der Waals surface area contributed by atoms with Crippen LogP contribution in [0.1, 0.15) is 43.4 Å². The molecule has 1 atom stereocenters. The number of hydrogen-bond acceptors (Lipinski definition) is 5. The zero-order valence-corrected chi connectivity index (χ0v) is 20.4. The van der Waals surface area contributed by atoms with Gasteiger partial charge in [0.05, 0.1) is 10.8 Å². The fourth-order valence-corrected chi connectivity index (χ4v) is 6.07. The van der Waals surface area contributed by atoms with Gasteiger partial charge in [-0.05, 0) is 61.1 Å². The summed E-state index contributed by atoms with van der Waals surface area (Å²) in [6.07, 6.45) is -2.85. The van der Waals surface area contributed by atoms with Crippen LogP contribution in [0.4, 0.5) is 13.2 Å². The van der Waals surface area contributed by atoms with E-state index in [1.165, 1.54) is 34.7 Å². The first-order chi connectivity index (χ1) is 16.5. The number of sulfonamides is 1. The van der Waals surface area contributed by atoms with Crippen molar-refractivity contribution in [2.45, 2.75) is 57.3 Å². The third-order valence-electron chi connectivity index (χ3n) is 5.93. The lowest BCUT2D eigenvalue weighted by Crippen LogP contribution is -2.46. The van der Waals surface area contributed by atoms with Crippen molar-refractivity contribution in [2.75, 3.05) is 13.1 Å². The topological polar surface area (TPSA) is 87.2 Å². The molecule has 0 aliphatic heterocycles. The van der Waals surface area contributed by atoms with Crippen LogP contribution in [0.2, 0.25) is 0 Å². The SMILES string of the molecule is CCCCN(Cc1ccc(OC(F)(F)F)cc1)N(CC)S(=O)(=O)c1cccc2c1CC(C(=O)O)C2. The van der Waals surface area contributed by atoms with Gasteiger partial charge in [-0.15, -0.1) is 17.6 Å². The number of halogens is 3. The molecule has 0 saturated carbocycles. The van der Waals surface area contributed by atoms with Crippen LogP contribution in [0.25, 0.3) is 0 Å². The molecule has 7 nitrogen and oxygen atoms in total. The second-order valence-corrected chi connectivity index (χ2v) is 10.2. The Morgan fingerprint density at radius 3 is 2.37 bits per heavy atom. The molecule has 2 aromatic carbocycles. The van der Waals surface area contributed by atoms with Crippen LogP contribution < -0.4 is 4.74 Å². The molecular weight excluding hydrogens is 485 g/mol. The number of aliphatic carboxylic acids is 1. The smallest absolute Gasteiger partial charge is 0.481 e. The van der Waals surface area contributed by atoms with Gasteiger partial charge in [-0.3, -0.25) is 4.79 Å². The second-order valence-electron chi connectivity index (χ2n) is 8.41. The van der Waals surface area contributed by atoms with Crippen molar-refractivity contribution in [3.8, 4) is 5.75 Å². The average Bonchev–Trinajstić information content (AvgIpc) is 3.22. The molecule has 3 rings (SSSR count). The van der Waals surface area contributed by atoms with Gasteiger partial charge in [-0.25, -0.2) is 13.4 Å². The summed E-state index contributed by atoms with van der Waals surface area (Å²) >= 11 is 0. The van der Waals surface area contributed by atoms with Gasteiger partial charge in [0.1, 0.15) is 5.75 Å². The molecule has 0 spiro atoms. The number of rotatable bonds is 11. The quantitative estimate of drug-likeness (QED) is 0.441. The molecule has 0 radical (unpaired) electrons. The lowest BCUT2D eigenvalue weighted by Gasteiger charge is -2.34. The fraction of sp³-hybridized carbons (Fsp3) is 0.458. The number of benzene rings is 2. The van der Waals surface area contributed by atoms with Crippen LogP contribution in [-0.2, 0) is 34.2 Å². The standard InChI is InChI=1S/C24H29F3N2O5S/c1-3-5-13-28(16-17-9-11-20(12-10-17)34-24(25,26)27)29(4-2)35(32,33)22-8-6-7-18-14-19(23(30)31)15-21(18)22/h6-12,19H,3-5,13-16H2,1-2H3,(H,30,31). The van der Waals surface area contributed by atoms with Gasteiger partial charge >= 0.3 is 12.3 Å². The Balaban J connectivity index is 1.90. The molecule has 1 N–H and O–H groups in total. The molecule has 0 fully saturated rings. The summed E-state index contributed by atoms with van der Waals surface area (Å²) in [5.41, 5.74) is 1.87. The minimum Gasteiger partial charge on any atom is -0.481 e. The number of hydrazine groups is 1. The van der Waals surface area contributed by atoms with E-state index in [1.807, 2.05) is 6.92 Å². The number of carbonyl (C=O) groups is 1. The number of alkyl halides is 3. The third-order valence-corrected chi connectivity index (χ3v) is 7.91. The first-order valence-electron chi connectivity index (χ1n) is 11.4. The number of hydrogen-bond donors (Lipinski definition) is 1. The van der Waals surface area contributed by atoms with Gasteiger partial charge in [0.25, 0.3) is 10.0 Å². The maximum absolute atomic E-state index is 13.8. The molecule has 35 heavy (non-hydrogen) atoms. The molecule has 2 aromatic rings. The summed E-state index contributed by atoms with van der Waals surface area (Å²) in [6.45, 7) is 4.39. The highest BCUT2D eigenvalue weighted by Crippen LogP contribution is 2.34. The molecule has 1 aliphatic carbocycles. The normalized spacial score (nSPS) is 16.0. The van der Waals surface area contributed by atoms with E-state index >= 15 is 0 Å². The Morgan fingerprint density at radius 1 is 1.11 bits per heavy atom. The van der Waals surface area contributed by atoms with E-state index in [2.05, 4.69) is 4.74 Å². The minimum atomic E-state index is -4.79. The highest BCUT2D eigenvalue weighted by molar-refractivity contribution is 7.89. The van der Waals surface area contributed by atoms with Crippen LogP contribution in [0.3, 0.4) is 0 Å². The summed E-state index contributed by atoms with van der Waals surface area (Å²) in [5.74, 6) is -1.97. The lowest BCUT2D eigenvalue weighted by atomic mass is 10.1. The molecule has 192 valence electrons. The Labute approximate surface area is 203 Å². The fourth-order valence-electron chi connectivity index (χ4n) is 4.29. The number of carboxylic acids is 1. The van der Waals surface area contributed by atoms with Crippen molar-refractivity contribution in [2.24, 2.45) is 5.92 Å². The van der Waals surface area contributed by atoms with Crippen molar-refractivity contribution in [3.63, 3.8) is 0 Å². The van der Waals surface area contributed by atoms with Crippen molar-refractivity contribution in [1.29, 1.82) is 0 Å². The molecule has 0 bridgehead atoms. The molecule has 0 heterocycles. The van der Waals surface area contributed by atoms with Crippen LogP contribution in [0.5, 0.6) is 5.75 Å². The Hall–Kier alpha value is -2.63. The van der Waals surface area contributed by atoms with Gasteiger partial charge in [0, 0.05) is 19.6 Å². The highest BCUT2D eigenvalue weighted by Gasteiger charge is 2.36. The molecule has 11 heteroatoms. The molecular formula is C24H29F3N2O5S. The molecule has 0 saturated heterocycles. The van der Waals surface area contributed by atoms with Gasteiger partial charge in [-0.2, -0.15) is 0 Å². The van der Waals surface area contributed by atoms with Crippen molar-refractivity contribution in [3.05, 3.63) is 59.2 Å². The third kappa shape index (κ3) is 6.53. The maximum Gasteiger partial charge on any atom is 0.573 e. The molecule has 1 aliphatic rings. The first-order valence-corrected chi connectivity index (χ1v) is 12.9. The van der Waals surface area contributed by atoms with Gasteiger partial charge < -0.3 is 9.84 Å². The number of ether oxygens (including phenoxy) is 1. The number of nitrogens with zero attached hydrogens (tertiary/aromatic N) is 2. The Morgan fingerprint density at radius 2 is 1.80 bits per heavy atom. The summed E-state index contributed by atoms with van der Waals surface area (Å²) in [5, 5.41) is 11.1. The predicted octanol–water partition coefficient (Wildman–Crippen LogP) is 4.61. The van der Waals surface area contributed by atoms with E-state index in [9.17, 15) is 31.5 Å². The summed E-state index contributed by atoms with van der Waals surface area (Å²) in [4.78, 5) is 11.6. The molecule has 0 aromatic heterocycles. The van der Waals surface area contributed by atoms with Gasteiger partial charge in [-0.1, -0.05) is 37.6 Å². The zero-order valence-electron chi connectivity index (χ0n) is 19.6. The van der Waals surface area contributed by atoms with Gasteiger partial charge in [0.15, 0.2) is 0 Å². The van der Waals surface area contributed by atoms with Crippen LogP contribution in [0.15, 0.2) is 47.4 Å². The van der Waals surface area contributed by atoms with Crippen LogP contribution >= 0.6 is 0 Å². The predicted molar refractivity (Wildman–Crippen MR) is 123 cm³/mol. The van der Waals surface area contributed by atoms with Crippen LogP contribution in [-0.4, -0.2) is 48.4 Å². The van der Waals surface area contributed by atoms with Gasteiger partial charge in [0.2, 0.25) is 0 Å². The lowest BCUT2D eigenvalue weighted by molar-refractivity contribution is -0.274. The van der Waals surface area contributed by atoms with Crippen LogP contribution in [0, 0.1) is 5.92 Å². The van der Waals surface area contributed by atoms with E-state index in [0.29, 0.717) is 24.1 Å². The first kappa shape index (κ1) is 27.0. The Kier molecular flexibility index (Phi) is 8.45.